The van der Waals surface area contributed by atoms with Crippen LogP contribution in [0.2, 0.25) is 0 Å². The van der Waals surface area contributed by atoms with Gasteiger partial charge in [-0.25, -0.2) is 0 Å². The summed E-state index contributed by atoms with van der Waals surface area (Å²) in [4.78, 5) is 11.7. The first-order valence-electron chi connectivity index (χ1n) is 5.11. The number of halogens is 4. The fourth-order valence-corrected chi connectivity index (χ4v) is 1.84. The van der Waals surface area contributed by atoms with Crippen molar-refractivity contribution in [2.45, 2.75) is 26.4 Å². The standard InChI is InChI=1S/C12H12BrF3O/c1-7(2)5-11(17)9-4-3-8(13)6-10(9)12(14,15)16/h3-4,6-7H,5H2,1-2H3. The van der Waals surface area contributed by atoms with Gasteiger partial charge in [0.15, 0.2) is 5.78 Å². The fourth-order valence-electron chi connectivity index (χ4n) is 1.47. The maximum Gasteiger partial charge on any atom is 0.417 e. The molecule has 1 nitrogen and oxygen atoms in total. The normalized spacial score (nSPS) is 11.9. The Balaban J connectivity index is 3.20. The van der Waals surface area contributed by atoms with Crippen molar-refractivity contribution in [2.75, 3.05) is 0 Å². The summed E-state index contributed by atoms with van der Waals surface area (Å²) in [6.07, 6.45) is -4.39. The molecular formula is C12H12BrF3O. The second-order valence-electron chi connectivity index (χ2n) is 4.21. The Hall–Kier alpha value is -0.840. The molecule has 0 aliphatic heterocycles. The Kier molecular flexibility index (Phi) is 4.36. The van der Waals surface area contributed by atoms with Crippen molar-refractivity contribution in [1.82, 2.24) is 0 Å². The molecule has 0 aliphatic rings. The summed E-state index contributed by atoms with van der Waals surface area (Å²) in [7, 11) is 0. The smallest absolute Gasteiger partial charge is 0.294 e. The van der Waals surface area contributed by atoms with Crippen LogP contribution in [0.5, 0.6) is 0 Å². The van der Waals surface area contributed by atoms with E-state index in [1.807, 2.05) is 0 Å². The Morgan fingerprint density at radius 3 is 2.41 bits per heavy atom. The van der Waals surface area contributed by atoms with E-state index >= 15 is 0 Å². The van der Waals surface area contributed by atoms with Crippen molar-refractivity contribution in [1.29, 1.82) is 0 Å². The zero-order chi connectivity index (χ0) is 13.2. The van der Waals surface area contributed by atoms with E-state index in [0.29, 0.717) is 4.47 Å². The van der Waals surface area contributed by atoms with E-state index in [1.54, 1.807) is 13.8 Å². The highest BCUT2D eigenvalue weighted by atomic mass is 79.9. The van der Waals surface area contributed by atoms with Crippen LogP contribution in [0.3, 0.4) is 0 Å². The van der Waals surface area contributed by atoms with Gasteiger partial charge in [-0.05, 0) is 24.1 Å². The van der Waals surface area contributed by atoms with Crippen LogP contribution in [0.15, 0.2) is 22.7 Å². The average Bonchev–Trinajstić information content (AvgIpc) is 2.14. The van der Waals surface area contributed by atoms with Crippen LogP contribution in [0.4, 0.5) is 13.2 Å². The second kappa shape index (κ2) is 5.21. The lowest BCUT2D eigenvalue weighted by molar-refractivity contribution is -0.138. The zero-order valence-corrected chi connectivity index (χ0v) is 11.0. The average molecular weight is 309 g/mol. The van der Waals surface area contributed by atoms with Gasteiger partial charge in [0, 0.05) is 16.5 Å². The molecule has 94 valence electrons. The van der Waals surface area contributed by atoms with Crippen molar-refractivity contribution in [3.8, 4) is 0 Å². The van der Waals surface area contributed by atoms with Crippen LogP contribution in [0, 0.1) is 5.92 Å². The highest BCUT2D eigenvalue weighted by molar-refractivity contribution is 9.10. The molecule has 1 rings (SSSR count). The Morgan fingerprint density at radius 2 is 1.94 bits per heavy atom. The first-order chi connectivity index (χ1) is 7.71. The number of rotatable bonds is 3. The van der Waals surface area contributed by atoms with Gasteiger partial charge < -0.3 is 0 Å². The molecule has 1 aromatic rings. The van der Waals surface area contributed by atoms with E-state index in [-0.39, 0.29) is 17.9 Å². The van der Waals surface area contributed by atoms with Crippen molar-refractivity contribution in [2.24, 2.45) is 5.92 Å². The summed E-state index contributed by atoms with van der Waals surface area (Å²) in [5.74, 6) is -0.438. The molecular weight excluding hydrogens is 297 g/mol. The summed E-state index contributed by atoms with van der Waals surface area (Å²) in [6, 6.07) is 3.61. The van der Waals surface area contributed by atoms with Crippen LogP contribution in [0.1, 0.15) is 36.2 Å². The van der Waals surface area contributed by atoms with E-state index in [2.05, 4.69) is 15.9 Å². The van der Waals surface area contributed by atoms with Gasteiger partial charge in [0.05, 0.1) is 5.56 Å². The lowest BCUT2D eigenvalue weighted by Crippen LogP contribution is -2.14. The highest BCUT2D eigenvalue weighted by Crippen LogP contribution is 2.34. The molecule has 0 radical (unpaired) electrons. The van der Waals surface area contributed by atoms with E-state index in [1.165, 1.54) is 12.1 Å². The predicted molar refractivity (Wildman–Crippen MR) is 62.9 cm³/mol. The van der Waals surface area contributed by atoms with Crippen LogP contribution >= 0.6 is 15.9 Å². The Morgan fingerprint density at radius 1 is 1.35 bits per heavy atom. The molecule has 0 saturated carbocycles. The van der Waals surface area contributed by atoms with Crippen LogP contribution in [0.25, 0.3) is 0 Å². The third-order valence-electron chi connectivity index (χ3n) is 2.18. The molecule has 0 heterocycles. The summed E-state index contributed by atoms with van der Waals surface area (Å²) >= 11 is 2.98. The molecule has 0 spiro atoms. The first-order valence-corrected chi connectivity index (χ1v) is 5.91. The summed E-state index contributed by atoms with van der Waals surface area (Å²) in [5, 5.41) is 0. The Bertz CT molecular complexity index is 424. The molecule has 0 aromatic heterocycles. The van der Waals surface area contributed by atoms with Crippen molar-refractivity contribution >= 4 is 21.7 Å². The van der Waals surface area contributed by atoms with E-state index in [9.17, 15) is 18.0 Å². The number of ketones is 1. The number of hydrogen-bond acceptors (Lipinski definition) is 1. The van der Waals surface area contributed by atoms with Crippen molar-refractivity contribution < 1.29 is 18.0 Å². The third kappa shape index (κ3) is 3.84. The van der Waals surface area contributed by atoms with Crippen molar-refractivity contribution in [3.05, 3.63) is 33.8 Å². The number of alkyl halides is 3. The summed E-state index contributed by atoms with van der Waals surface area (Å²) < 4.78 is 38.6. The quantitative estimate of drug-likeness (QED) is 0.740. The highest BCUT2D eigenvalue weighted by Gasteiger charge is 2.35. The molecule has 0 atom stereocenters. The van der Waals surface area contributed by atoms with Gasteiger partial charge in [-0.1, -0.05) is 29.8 Å². The predicted octanol–water partition coefficient (Wildman–Crippen LogP) is 4.70. The van der Waals surface area contributed by atoms with Crippen LogP contribution in [-0.4, -0.2) is 5.78 Å². The van der Waals surface area contributed by atoms with Crippen LogP contribution < -0.4 is 0 Å². The molecule has 5 heteroatoms. The number of hydrogen-bond donors (Lipinski definition) is 0. The Labute approximate surface area is 106 Å². The van der Waals surface area contributed by atoms with Gasteiger partial charge in [0.1, 0.15) is 0 Å². The lowest BCUT2D eigenvalue weighted by Gasteiger charge is -2.13. The zero-order valence-electron chi connectivity index (χ0n) is 9.44. The topological polar surface area (TPSA) is 17.1 Å². The SMILES string of the molecule is CC(C)CC(=O)c1ccc(Br)cc1C(F)(F)F. The van der Waals surface area contributed by atoms with Gasteiger partial charge in [-0.2, -0.15) is 13.2 Å². The molecule has 0 saturated heterocycles. The van der Waals surface area contributed by atoms with E-state index in [4.69, 9.17) is 0 Å². The van der Waals surface area contributed by atoms with Gasteiger partial charge in [0.25, 0.3) is 0 Å². The van der Waals surface area contributed by atoms with Crippen molar-refractivity contribution in [3.63, 3.8) is 0 Å². The third-order valence-corrected chi connectivity index (χ3v) is 2.67. The van der Waals surface area contributed by atoms with Gasteiger partial charge in [-0.15, -0.1) is 0 Å². The maximum atomic E-state index is 12.8. The first kappa shape index (κ1) is 14.2. The largest absolute Gasteiger partial charge is 0.417 e. The van der Waals surface area contributed by atoms with E-state index < -0.39 is 17.5 Å². The van der Waals surface area contributed by atoms with Crippen LogP contribution in [-0.2, 0) is 6.18 Å². The van der Waals surface area contributed by atoms with Gasteiger partial charge >= 0.3 is 6.18 Å². The van der Waals surface area contributed by atoms with Gasteiger partial charge in [-0.3, -0.25) is 4.79 Å². The number of carbonyl (C=O) groups is 1. The molecule has 0 bridgehead atoms. The number of benzene rings is 1. The minimum absolute atomic E-state index is 0.0345. The fraction of sp³-hybridized carbons (Fsp3) is 0.417. The molecule has 1 aromatic carbocycles. The molecule has 0 unspecified atom stereocenters. The number of Topliss-reactive ketones (excluding diaryl/α,β-unsaturated/α-hetero) is 1. The molecule has 17 heavy (non-hydrogen) atoms. The maximum absolute atomic E-state index is 12.8. The molecule has 0 fully saturated rings. The molecule has 0 aliphatic carbocycles. The minimum atomic E-state index is -4.51. The molecule has 0 amide bonds. The molecule has 0 N–H and O–H groups in total. The van der Waals surface area contributed by atoms with E-state index in [0.717, 1.165) is 6.07 Å². The second-order valence-corrected chi connectivity index (χ2v) is 5.12. The number of carbonyl (C=O) groups excluding carboxylic acids is 1. The monoisotopic (exact) mass is 308 g/mol. The summed E-state index contributed by atoms with van der Waals surface area (Å²) in [5.41, 5.74) is -1.13. The minimum Gasteiger partial charge on any atom is -0.294 e. The summed E-state index contributed by atoms with van der Waals surface area (Å²) in [6.45, 7) is 3.59. The van der Waals surface area contributed by atoms with Gasteiger partial charge in [0.2, 0.25) is 0 Å². The lowest BCUT2D eigenvalue weighted by atomic mass is 9.97.